The van der Waals surface area contributed by atoms with Gasteiger partial charge in [-0.3, -0.25) is 9.59 Å². The molecule has 0 aliphatic carbocycles. The molecular formula is C12H21N3O4. The molecule has 19 heavy (non-hydrogen) atoms. The van der Waals surface area contributed by atoms with Crippen LogP contribution < -0.4 is 10.6 Å². The van der Waals surface area contributed by atoms with E-state index >= 15 is 0 Å². The first-order valence-corrected chi connectivity index (χ1v) is 6.55. The average Bonchev–Trinajstić information content (AvgIpc) is 2.87. The number of aliphatic carboxylic acids is 1. The van der Waals surface area contributed by atoms with Crippen LogP contribution in [0.1, 0.15) is 32.6 Å². The predicted molar refractivity (Wildman–Crippen MR) is 68.7 cm³/mol. The molecule has 7 nitrogen and oxygen atoms in total. The summed E-state index contributed by atoms with van der Waals surface area (Å²) in [6.07, 6.45) is 2.42. The zero-order chi connectivity index (χ0) is 14.3. The number of carbonyl (C=O) groups is 3. The molecule has 7 heteroatoms. The summed E-state index contributed by atoms with van der Waals surface area (Å²) in [5.41, 5.74) is 0. The molecule has 108 valence electrons. The Morgan fingerprint density at radius 1 is 1.26 bits per heavy atom. The predicted octanol–water partition coefficient (Wildman–Crippen LogP) is 0.161. The monoisotopic (exact) mass is 271 g/mol. The summed E-state index contributed by atoms with van der Waals surface area (Å²) in [6, 6.07) is -0.997. The normalized spacial score (nSPS) is 15.9. The summed E-state index contributed by atoms with van der Waals surface area (Å²) in [6.45, 7) is 3.44. The van der Waals surface area contributed by atoms with Crippen LogP contribution in [-0.4, -0.2) is 53.6 Å². The number of rotatable bonds is 6. The van der Waals surface area contributed by atoms with Crippen molar-refractivity contribution in [2.24, 2.45) is 0 Å². The van der Waals surface area contributed by atoms with Crippen LogP contribution in [0, 0.1) is 0 Å². The van der Waals surface area contributed by atoms with E-state index in [1.54, 1.807) is 11.8 Å². The number of likely N-dealkylation sites (tertiary alicyclic amines) is 1. The Bertz CT molecular complexity index is 340. The van der Waals surface area contributed by atoms with Crippen molar-refractivity contribution >= 4 is 17.9 Å². The van der Waals surface area contributed by atoms with Crippen molar-refractivity contribution in [1.29, 1.82) is 0 Å². The van der Waals surface area contributed by atoms with Crippen LogP contribution in [0.25, 0.3) is 0 Å². The standard InChI is InChI=1S/C12H21N3O4/c1-9(11(18)15-7-2-3-8-15)14-12(19)13-6-4-5-10(16)17/h9H,2-8H2,1H3,(H,16,17)(H2,13,14,19). The average molecular weight is 271 g/mol. The van der Waals surface area contributed by atoms with Gasteiger partial charge in [0.05, 0.1) is 0 Å². The molecule has 1 aliphatic rings. The molecule has 0 aromatic rings. The van der Waals surface area contributed by atoms with Gasteiger partial charge in [0.15, 0.2) is 0 Å². The highest BCUT2D eigenvalue weighted by molar-refractivity contribution is 5.86. The highest BCUT2D eigenvalue weighted by atomic mass is 16.4. The smallest absolute Gasteiger partial charge is 0.315 e. The van der Waals surface area contributed by atoms with Crippen LogP contribution in [-0.2, 0) is 9.59 Å². The molecule has 0 saturated carbocycles. The molecule has 1 fully saturated rings. The van der Waals surface area contributed by atoms with Crippen molar-refractivity contribution in [3.05, 3.63) is 0 Å². The first kappa shape index (κ1) is 15.3. The second-order valence-corrected chi connectivity index (χ2v) is 4.65. The third-order valence-corrected chi connectivity index (χ3v) is 2.99. The van der Waals surface area contributed by atoms with Crippen LogP contribution in [0.4, 0.5) is 4.79 Å². The maximum atomic E-state index is 11.9. The van der Waals surface area contributed by atoms with E-state index in [1.807, 2.05) is 0 Å². The quantitative estimate of drug-likeness (QED) is 0.599. The number of amides is 3. The summed E-state index contributed by atoms with van der Waals surface area (Å²) in [5.74, 6) is -0.960. The third kappa shape index (κ3) is 5.58. The molecule has 1 aliphatic heterocycles. The van der Waals surface area contributed by atoms with Crippen molar-refractivity contribution in [2.45, 2.75) is 38.6 Å². The summed E-state index contributed by atoms with van der Waals surface area (Å²) < 4.78 is 0. The van der Waals surface area contributed by atoms with Gasteiger partial charge in [-0.05, 0) is 26.2 Å². The van der Waals surface area contributed by atoms with Gasteiger partial charge in [0.2, 0.25) is 5.91 Å². The van der Waals surface area contributed by atoms with Gasteiger partial charge in [-0.1, -0.05) is 0 Å². The SMILES string of the molecule is CC(NC(=O)NCCCC(=O)O)C(=O)N1CCCC1. The van der Waals surface area contributed by atoms with E-state index in [0.29, 0.717) is 6.42 Å². The lowest BCUT2D eigenvalue weighted by Crippen LogP contribution is -2.49. The number of nitrogens with zero attached hydrogens (tertiary/aromatic N) is 1. The van der Waals surface area contributed by atoms with Crippen molar-refractivity contribution in [2.75, 3.05) is 19.6 Å². The largest absolute Gasteiger partial charge is 0.481 e. The van der Waals surface area contributed by atoms with Crippen LogP contribution in [0.3, 0.4) is 0 Å². The fourth-order valence-electron chi connectivity index (χ4n) is 1.96. The Kier molecular flexibility index (Phi) is 6.11. The van der Waals surface area contributed by atoms with E-state index < -0.39 is 18.0 Å². The van der Waals surface area contributed by atoms with Gasteiger partial charge in [-0.2, -0.15) is 0 Å². The fraction of sp³-hybridized carbons (Fsp3) is 0.750. The molecule has 1 rings (SSSR count). The van der Waals surface area contributed by atoms with E-state index in [9.17, 15) is 14.4 Å². The molecule has 0 spiro atoms. The third-order valence-electron chi connectivity index (χ3n) is 2.99. The Morgan fingerprint density at radius 3 is 2.47 bits per heavy atom. The zero-order valence-electron chi connectivity index (χ0n) is 11.1. The topological polar surface area (TPSA) is 98.7 Å². The number of nitrogens with one attached hydrogen (secondary N) is 2. The van der Waals surface area contributed by atoms with Crippen molar-refractivity contribution in [3.63, 3.8) is 0 Å². The lowest BCUT2D eigenvalue weighted by atomic mass is 10.3. The van der Waals surface area contributed by atoms with E-state index in [1.165, 1.54) is 0 Å². The van der Waals surface area contributed by atoms with E-state index in [0.717, 1.165) is 25.9 Å². The highest BCUT2D eigenvalue weighted by Crippen LogP contribution is 2.08. The minimum atomic E-state index is -0.889. The molecule has 1 atom stereocenters. The summed E-state index contributed by atoms with van der Waals surface area (Å²) in [5, 5.41) is 13.5. The molecule has 1 heterocycles. The second-order valence-electron chi connectivity index (χ2n) is 4.65. The first-order valence-electron chi connectivity index (χ1n) is 6.55. The van der Waals surface area contributed by atoms with Gasteiger partial charge in [0.1, 0.15) is 6.04 Å². The van der Waals surface area contributed by atoms with Crippen LogP contribution >= 0.6 is 0 Å². The molecule has 0 radical (unpaired) electrons. The second kappa shape index (κ2) is 7.60. The molecule has 0 aromatic heterocycles. The van der Waals surface area contributed by atoms with Crippen LogP contribution in [0.15, 0.2) is 0 Å². The molecular weight excluding hydrogens is 250 g/mol. The number of hydrogen-bond acceptors (Lipinski definition) is 3. The molecule has 1 saturated heterocycles. The summed E-state index contributed by atoms with van der Waals surface area (Å²) in [4.78, 5) is 35.4. The lowest BCUT2D eigenvalue weighted by Gasteiger charge is -2.21. The number of urea groups is 1. The zero-order valence-corrected chi connectivity index (χ0v) is 11.1. The number of carboxylic acids is 1. The summed E-state index contributed by atoms with van der Waals surface area (Å²) >= 11 is 0. The molecule has 1 unspecified atom stereocenters. The highest BCUT2D eigenvalue weighted by Gasteiger charge is 2.24. The lowest BCUT2D eigenvalue weighted by molar-refractivity contribution is -0.137. The number of carboxylic acid groups (broad SMARTS) is 1. The first-order chi connectivity index (χ1) is 9.00. The molecule has 3 amide bonds. The van der Waals surface area contributed by atoms with Crippen molar-refractivity contribution in [3.8, 4) is 0 Å². The van der Waals surface area contributed by atoms with E-state index in [2.05, 4.69) is 10.6 Å². The van der Waals surface area contributed by atoms with Gasteiger partial charge in [0, 0.05) is 26.1 Å². The molecule has 3 N–H and O–H groups in total. The van der Waals surface area contributed by atoms with Crippen molar-refractivity contribution in [1.82, 2.24) is 15.5 Å². The minimum absolute atomic E-state index is 0.0164. The number of hydrogen-bond donors (Lipinski definition) is 3. The fourth-order valence-corrected chi connectivity index (χ4v) is 1.96. The van der Waals surface area contributed by atoms with Crippen molar-refractivity contribution < 1.29 is 19.5 Å². The maximum absolute atomic E-state index is 11.9. The maximum Gasteiger partial charge on any atom is 0.315 e. The Morgan fingerprint density at radius 2 is 1.89 bits per heavy atom. The Labute approximate surface area is 112 Å². The molecule has 0 bridgehead atoms. The van der Waals surface area contributed by atoms with Gasteiger partial charge >= 0.3 is 12.0 Å². The van der Waals surface area contributed by atoms with Gasteiger partial charge < -0.3 is 20.6 Å². The van der Waals surface area contributed by atoms with Gasteiger partial charge in [-0.15, -0.1) is 0 Å². The minimum Gasteiger partial charge on any atom is -0.481 e. The van der Waals surface area contributed by atoms with Gasteiger partial charge in [0.25, 0.3) is 0 Å². The van der Waals surface area contributed by atoms with Crippen LogP contribution in [0.5, 0.6) is 0 Å². The number of carbonyl (C=O) groups excluding carboxylic acids is 2. The van der Waals surface area contributed by atoms with E-state index in [4.69, 9.17) is 5.11 Å². The molecule has 0 aromatic carbocycles. The van der Waals surface area contributed by atoms with Crippen LogP contribution in [0.2, 0.25) is 0 Å². The Balaban J connectivity index is 2.19. The van der Waals surface area contributed by atoms with Gasteiger partial charge in [-0.25, -0.2) is 4.79 Å². The summed E-state index contributed by atoms with van der Waals surface area (Å²) in [7, 11) is 0. The van der Waals surface area contributed by atoms with E-state index in [-0.39, 0.29) is 18.9 Å². The Hall–Kier alpha value is -1.79.